The molecule has 1 aromatic rings. The number of hydrogen-bond donors (Lipinski definition) is 3. The number of rotatable bonds is 4. The van der Waals surface area contributed by atoms with E-state index in [0.29, 0.717) is 30.7 Å². The molecule has 0 aromatic heterocycles. The van der Waals surface area contributed by atoms with E-state index in [1.807, 2.05) is 0 Å². The lowest BCUT2D eigenvalue weighted by molar-refractivity contribution is -0.141. The van der Waals surface area contributed by atoms with Crippen molar-refractivity contribution in [2.24, 2.45) is 5.92 Å². The third-order valence-electron chi connectivity index (χ3n) is 3.53. The zero-order chi connectivity index (χ0) is 15.4. The highest BCUT2D eigenvalue weighted by Crippen LogP contribution is 2.28. The van der Waals surface area contributed by atoms with Crippen LogP contribution in [0.1, 0.15) is 19.3 Å². The first-order chi connectivity index (χ1) is 9.99. The third kappa shape index (κ3) is 4.10. The summed E-state index contributed by atoms with van der Waals surface area (Å²) in [5, 5.41) is 14.5. The van der Waals surface area contributed by atoms with Crippen molar-refractivity contribution in [3.63, 3.8) is 0 Å². The summed E-state index contributed by atoms with van der Waals surface area (Å²) in [5.74, 6) is -0.467. The van der Waals surface area contributed by atoms with Crippen molar-refractivity contribution in [3.8, 4) is 5.75 Å². The van der Waals surface area contributed by atoms with Crippen LogP contribution in [0.5, 0.6) is 5.75 Å². The second-order valence-electron chi connectivity index (χ2n) is 4.99. The number of carbonyl (C=O) groups is 2. The smallest absolute Gasteiger partial charge is 0.319 e. The predicted molar refractivity (Wildman–Crippen MR) is 81.6 cm³/mol. The van der Waals surface area contributed by atoms with E-state index in [4.69, 9.17) is 9.84 Å². The number of benzene rings is 1. The zero-order valence-corrected chi connectivity index (χ0v) is 13.1. The van der Waals surface area contributed by atoms with Gasteiger partial charge in [-0.15, -0.1) is 0 Å². The number of halogens is 1. The first-order valence-electron chi connectivity index (χ1n) is 6.63. The fourth-order valence-electron chi connectivity index (χ4n) is 2.43. The highest BCUT2D eigenvalue weighted by Gasteiger charge is 2.30. The first-order valence-corrected chi connectivity index (χ1v) is 7.42. The molecule has 0 heterocycles. The maximum absolute atomic E-state index is 11.9. The van der Waals surface area contributed by atoms with Gasteiger partial charge in [0.1, 0.15) is 5.75 Å². The van der Waals surface area contributed by atoms with E-state index in [1.165, 1.54) is 0 Å². The molecule has 1 saturated carbocycles. The molecule has 0 unspecified atom stereocenters. The molecule has 0 saturated heterocycles. The monoisotopic (exact) mass is 356 g/mol. The summed E-state index contributed by atoms with van der Waals surface area (Å²) in [6.45, 7) is 0. The van der Waals surface area contributed by atoms with Crippen molar-refractivity contribution in [1.29, 1.82) is 0 Å². The Bertz CT molecular complexity index is 550. The number of methoxy groups -OCH3 is 1. The molecule has 0 bridgehead atoms. The summed E-state index contributed by atoms with van der Waals surface area (Å²) in [4.78, 5) is 22.8. The average molecular weight is 357 g/mol. The molecular weight excluding hydrogens is 340 g/mol. The van der Waals surface area contributed by atoms with Crippen LogP contribution in [0, 0.1) is 5.92 Å². The molecule has 1 aliphatic rings. The molecule has 2 amide bonds. The Balaban J connectivity index is 1.88. The van der Waals surface area contributed by atoms with Crippen LogP contribution in [0.4, 0.5) is 10.5 Å². The molecule has 2 atom stereocenters. The summed E-state index contributed by atoms with van der Waals surface area (Å²) >= 11 is 3.35. The van der Waals surface area contributed by atoms with Gasteiger partial charge in [-0.1, -0.05) is 0 Å². The van der Waals surface area contributed by atoms with Crippen molar-refractivity contribution in [2.75, 3.05) is 12.4 Å². The van der Waals surface area contributed by atoms with Crippen LogP contribution in [0.3, 0.4) is 0 Å². The van der Waals surface area contributed by atoms with Gasteiger partial charge in [0.2, 0.25) is 0 Å². The predicted octanol–water partition coefficient (Wildman–Crippen LogP) is 2.83. The van der Waals surface area contributed by atoms with Gasteiger partial charge in [-0.25, -0.2) is 4.79 Å². The van der Waals surface area contributed by atoms with Crippen molar-refractivity contribution in [3.05, 3.63) is 22.7 Å². The molecule has 7 heteroatoms. The Morgan fingerprint density at radius 3 is 2.71 bits per heavy atom. The Morgan fingerprint density at radius 2 is 2.14 bits per heavy atom. The van der Waals surface area contributed by atoms with Gasteiger partial charge < -0.3 is 20.5 Å². The lowest BCUT2D eigenvalue weighted by Gasteiger charge is -2.14. The van der Waals surface area contributed by atoms with E-state index in [0.717, 1.165) is 4.47 Å². The van der Waals surface area contributed by atoms with E-state index in [2.05, 4.69) is 26.6 Å². The molecule has 1 aliphatic carbocycles. The maximum Gasteiger partial charge on any atom is 0.319 e. The van der Waals surface area contributed by atoms with E-state index in [1.54, 1.807) is 25.3 Å². The average Bonchev–Trinajstić information content (AvgIpc) is 2.87. The number of anilines is 1. The Morgan fingerprint density at radius 1 is 1.38 bits per heavy atom. The minimum atomic E-state index is -0.793. The van der Waals surface area contributed by atoms with E-state index in [-0.39, 0.29) is 18.0 Å². The molecule has 0 spiro atoms. The standard InChI is InChI=1S/C14H17BrN2O4/c1-21-12-5-4-10(7-11(12)15)17-14(20)16-9-3-2-8(6-9)13(18)19/h4-5,7-9H,2-3,6H2,1H3,(H,18,19)(H2,16,17,20)/t8-,9+/m1/s1. The molecule has 0 aliphatic heterocycles. The normalized spacial score (nSPS) is 20.9. The summed E-state index contributed by atoms with van der Waals surface area (Å²) in [6, 6.07) is 4.80. The van der Waals surface area contributed by atoms with Gasteiger partial charge in [0.25, 0.3) is 0 Å². The lowest BCUT2D eigenvalue weighted by Crippen LogP contribution is -2.36. The molecular formula is C14H17BrN2O4. The van der Waals surface area contributed by atoms with Crippen LogP contribution in [0.15, 0.2) is 22.7 Å². The Hall–Kier alpha value is -1.76. The number of carboxylic acids is 1. The van der Waals surface area contributed by atoms with Gasteiger partial charge >= 0.3 is 12.0 Å². The fourth-order valence-corrected chi connectivity index (χ4v) is 2.97. The Kier molecular flexibility index (Phi) is 5.06. The number of aliphatic carboxylic acids is 1. The topological polar surface area (TPSA) is 87.7 Å². The fraction of sp³-hybridized carbons (Fsp3) is 0.429. The highest BCUT2D eigenvalue weighted by molar-refractivity contribution is 9.10. The van der Waals surface area contributed by atoms with E-state index < -0.39 is 5.97 Å². The van der Waals surface area contributed by atoms with E-state index in [9.17, 15) is 9.59 Å². The van der Waals surface area contributed by atoms with Gasteiger partial charge in [-0.3, -0.25) is 4.79 Å². The summed E-state index contributed by atoms with van der Waals surface area (Å²) in [6.07, 6.45) is 1.78. The van der Waals surface area contributed by atoms with Crippen molar-refractivity contribution in [2.45, 2.75) is 25.3 Å². The quantitative estimate of drug-likeness (QED) is 0.773. The molecule has 6 nitrogen and oxygen atoms in total. The molecule has 114 valence electrons. The third-order valence-corrected chi connectivity index (χ3v) is 4.15. The first kappa shape index (κ1) is 15.6. The van der Waals surface area contributed by atoms with Crippen LogP contribution in [-0.2, 0) is 4.79 Å². The SMILES string of the molecule is COc1ccc(NC(=O)N[C@H]2CC[C@@H](C(=O)O)C2)cc1Br. The second kappa shape index (κ2) is 6.80. The summed E-state index contributed by atoms with van der Waals surface area (Å²) < 4.78 is 5.86. The minimum absolute atomic E-state index is 0.0900. The molecule has 2 rings (SSSR count). The number of ether oxygens (including phenoxy) is 1. The lowest BCUT2D eigenvalue weighted by atomic mass is 10.1. The van der Waals surface area contributed by atoms with Crippen LogP contribution in [0.2, 0.25) is 0 Å². The number of carbonyl (C=O) groups excluding carboxylic acids is 1. The summed E-state index contributed by atoms with van der Waals surface area (Å²) in [7, 11) is 1.57. The molecule has 21 heavy (non-hydrogen) atoms. The molecule has 1 aromatic carbocycles. The summed E-state index contributed by atoms with van der Waals surface area (Å²) in [5.41, 5.74) is 0.632. The number of urea groups is 1. The number of hydrogen-bond acceptors (Lipinski definition) is 3. The van der Waals surface area contributed by atoms with Gasteiger partial charge in [0.05, 0.1) is 17.5 Å². The molecule has 3 N–H and O–H groups in total. The van der Waals surface area contributed by atoms with Gasteiger partial charge in [0.15, 0.2) is 0 Å². The highest BCUT2D eigenvalue weighted by atomic mass is 79.9. The second-order valence-corrected chi connectivity index (χ2v) is 5.85. The number of nitrogens with one attached hydrogen (secondary N) is 2. The Labute approximate surface area is 131 Å². The van der Waals surface area contributed by atoms with E-state index >= 15 is 0 Å². The molecule has 1 fully saturated rings. The van der Waals surface area contributed by atoms with Gasteiger partial charge in [-0.2, -0.15) is 0 Å². The van der Waals surface area contributed by atoms with Crippen LogP contribution < -0.4 is 15.4 Å². The van der Waals surface area contributed by atoms with Crippen molar-refractivity contribution in [1.82, 2.24) is 5.32 Å². The van der Waals surface area contributed by atoms with Crippen molar-refractivity contribution >= 4 is 33.6 Å². The van der Waals surface area contributed by atoms with Crippen LogP contribution in [0.25, 0.3) is 0 Å². The van der Waals surface area contributed by atoms with Gasteiger partial charge in [0, 0.05) is 11.7 Å². The van der Waals surface area contributed by atoms with Gasteiger partial charge in [-0.05, 0) is 53.4 Å². The van der Waals surface area contributed by atoms with Crippen molar-refractivity contribution < 1.29 is 19.4 Å². The number of amides is 2. The zero-order valence-electron chi connectivity index (χ0n) is 11.6. The van der Waals surface area contributed by atoms with Crippen LogP contribution in [-0.4, -0.2) is 30.3 Å². The minimum Gasteiger partial charge on any atom is -0.496 e. The maximum atomic E-state index is 11.9. The largest absolute Gasteiger partial charge is 0.496 e. The van der Waals surface area contributed by atoms with Crippen LogP contribution >= 0.6 is 15.9 Å². The molecule has 0 radical (unpaired) electrons. The number of carboxylic acid groups (broad SMARTS) is 1.